The normalized spacial score (nSPS) is 11.4. The molecule has 8 heteroatoms. The Hall–Kier alpha value is -1.97. The Morgan fingerprint density at radius 3 is 2.82 bits per heavy atom. The minimum Gasteiger partial charge on any atom is -0.481 e. The van der Waals surface area contributed by atoms with Crippen LogP contribution in [0.15, 0.2) is 23.1 Å². The van der Waals surface area contributed by atoms with E-state index in [0.717, 1.165) is 0 Å². The second-order valence-electron chi connectivity index (χ2n) is 4.91. The van der Waals surface area contributed by atoms with Crippen LogP contribution in [0.1, 0.15) is 6.42 Å². The van der Waals surface area contributed by atoms with Crippen molar-refractivity contribution < 1.29 is 14.3 Å². The highest BCUT2D eigenvalue weighted by molar-refractivity contribution is 14.1. The third kappa shape index (κ3) is 2.27. The molecule has 0 saturated carbocycles. The summed E-state index contributed by atoms with van der Waals surface area (Å²) in [5.41, 5.74) is 0.627. The molecule has 0 aliphatic carbocycles. The van der Waals surface area contributed by atoms with Crippen LogP contribution in [0.3, 0.4) is 0 Å². The average molecular weight is 415 g/mol. The van der Waals surface area contributed by atoms with E-state index in [1.807, 2.05) is 22.6 Å². The van der Waals surface area contributed by atoms with Crippen LogP contribution in [-0.4, -0.2) is 25.4 Å². The maximum absolute atomic E-state index is 13.9. The molecule has 0 aliphatic heterocycles. The zero-order valence-electron chi connectivity index (χ0n) is 11.5. The number of hydrogen-bond donors (Lipinski definition) is 1. The van der Waals surface area contributed by atoms with Crippen LogP contribution in [0.5, 0.6) is 0 Å². The van der Waals surface area contributed by atoms with E-state index in [4.69, 9.17) is 5.11 Å². The van der Waals surface area contributed by atoms with E-state index >= 15 is 0 Å². The van der Waals surface area contributed by atoms with Crippen molar-refractivity contribution in [1.29, 1.82) is 0 Å². The van der Waals surface area contributed by atoms with Gasteiger partial charge in [0.2, 0.25) is 0 Å². The van der Waals surface area contributed by atoms with Crippen molar-refractivity contribution in [3.05, 3.63) is 38.1 Å². The first kappa shape index (κ1) is 14.9. The highest BCUT2D eigenvalue weighted by Crippen LogP contribution is 2.26. The van der Waals surface area contributed by atoms with E-state index in [1.54, 1.807) is 17.8 Å². The van der Waals surface area contributed by atoms with Gasteiger partial charge in [-0.1, -0.05) is 0 Å². The molecule has 1 aromatic carbocycles. The van der Waals surface area contributed by atoms with E-state index in [1.165, 1.54) is 16.8 Å². The number of nitrogens with zero attached hydrogens (tertiary/aromatic N) is 3. The van der Waals surface area contributed by atoms with Gasteiger partial charge < -0.3 is 9.67 Å². The van der Waals surface area contributed by atoms with Gasteiger partial charge in [-0.2, -0.15) is 5.10 Å². The van der Waals surface area contributed by atoms with Crippen LogP contribution in [0.4, 0.5) is 4.39 Å². The Morgan fingerprint density at radius 2 is 2.14 bits per heavy atom. The topological polar surface area (TPSA) is 77.1 Å². The number of hydrogen-bond acceptors (Lipinski definition) is 3. The fourth-order valence-electron chi connectivity index (χ4n) is 2.55. The van der Waals surface area contributed by atoms with Gasteiger partial charge in [0.05, 0.1) is 29.0 Å². The van der Waals surface area contributed by atoms with Gasteiger partial charge in [0.1, 0.15) is 5.82 Å². The number of aromatic nitrogens is 3. The maximum Gasteiger partial charge on any atom is 0.305 e. The number of aliphatic carboxylic acids is 1. The lowest BCUT2D eigenvalue weighted by molar-refractivity contribution is -0.137. The smallest absolute Gasteiger partial charge is 0.305 e. The van der Waals surface area contributed by atoms with E-state index in [-0.39, 0.29) is 18.5 Å². The summed E-state index contributed by atoms with van der Waals surface area (Å²) in [6.45, 7) is -0.0183. The van der Waals surface area contributed by atoms with Crippen molar-refractivity contribution in [2.45, 2.75) is 13.0 Å². The van der Waals surface area contributed by atoms with Crippen molar-refractivity contribution in [2.75, 3.05) is 0 Å². The average Bonchev–Trinajstić information content (AvgIpc) is 2.83. The number of benzene rings is 1. The maximum atomic E-state index is 13.9. The first-order valence-corrected chi connectivity index (χ1v) is 7.53. The molecule has 3 rings (SSSR count). The lowest BCUT2D eigenvalue weighted by atomic mass is 10.1. The third-order valence-corrected chi connectivity index (χ3v) is 4.37. The van der Waals surface area contributed by atoms with Crippen LogP contribution in [-0.2, 0) is 18.4 Å². The van der Waals surface area contributed by atoms with Crippen molar-refractivity contribution in [3.8, 4) is 0 Å². The molecule has 0 fully saturated rings. The van der Waals surface area contributed by atoms with Gasteiger partial charge in [0, 0.05) is 22.5 Å². The van der Waals surface area contributed by atoms with Crippen molar-refractivity contribution in [2.24, 2.45) is 7.05 Å². The molecule has 0 bridgehead atoms. The van der Waals surface area contributed by atoms with Gasteiger partial charge in [-0.15, -0.1) is 0 Å². The molecule has 6 nitrogen and oxygen atoms in total. The third-order valence-electron chi connectivity index (χ3n) is 3.55. The summed E-state index contributed by atoms with van der Waals surface area (Å²) in [7, 11) is 1.71. The predicted octanol–water partition coefficient (Wildman–Crippen LogP) is 2.11. The molecule has 22 heavy (non-hydrogen) atoms. The predicted molar refractivity (Wildman–Crippen MR) is 87.4 cm³/mol. The molecule has 0 aliphatic rings. The molecule has 0 saturated heterocycles. The molecular formula is C14H11FIN3O3. The zero-order chi connectivity index (χ0) is 16.0. The number of aryl methyl sites for hydroxylation is 2. The Bertz CT molecular complexity index is 977. The number of fused-ring (bicyclic) bond motifs is 3. The second kappa shape index (κ2) is 5.34. The van der Waals surface area contributed by atoms with E-state index < -0.39 is 11.8 Å². The lowest BCUT2D eigenvalue weighted by Crippen LogP contribution is -2.22. The van der Waals surface area contributed by atoms with Gasteiger partial charge in [0.15, 0.2) is 0 Å². The van der Waals surface area contributed by atoms with Crippen LogP contribution < -0.4 is 5.56 Å². The van der Waals surface area contributed by atoms with Crippen molar-refractivity contribution >= 4 is 50.4 Å². The molecule has 0 atom stereocenters. The SMILES string of the molecule is Cn1ncc2c(=O)n(CCC(=O)O)c3cc(F)c(I)cc3c21. The minimum atomic E-state index is -1.02. The summed E-state index contributed by atoms with van der Waals surface area (Å²) in [5.74, 6) is -1.46. The summed E-state index contributed by atoms with van der Waals surface area (Å²) < 4.78 is 17.2. The largest absolute Gasteiger partial charge is 0.481 e. The summed E-state index contributed by atoms with van der Waals surface area (Å²) in [4.78, 5) is 23.4. The van der Waals surface area contributed by atoms with Crippen LogP contribution in [0.2, 0.25) is 0 Å². The summed E-state index contributed by atoms with van der Waals surface area (Å²) >= 11 is 1.88. The first-order chi connectivity index (χ1) is 10.4. The summed E-state index contributed by atoms with van der Waals surface area (Å²) in [5, 5.41) is 14.0. The van der Waals surface area contributed by atoms with Gasteiger partial charge in [-0.3, -0.25) is 14.3 Å². The molecule has 0 radical (unpaired) electrons. The molecule has 114 valence electrons. The van der Waals surface area contributed by atoms with E-state index in [9.17, 15) is 14.0 Å². The second-order valence-corrected chi connectivity index (χ2v) is 6.08. The summed E-state index contributed by atoms with van der Waals surface area (Å²) in [6, 6.07) is 2.92. The Morgan fingerprint density at radius 1 is 1.41 bits per heavy atom. The molecular weight excluding hydrogens is 404 g/mol. The number of pyridine rings is 1. The van der Waals surface area contributed by atoms with Crippen LogP contribution >= 0.6 is 22.6 Å². The number of rotatable bonds is 3. The Balaban J connectivity index is 2.45. The molecule has 0 unspecified atom stereocenters. The summed E-state index contributed by atoms with van der Waals surface area (Å²) in [6.07, 6.45) is 1.24. The highest BCUT2D eigenvalue weighted by Gasteiger charge is 2.16. The Labute approximate surface area is 137 Å². The molecule has 3 aromatic rings. The van der Waals surface area contributed by atoms with E-state index in [2.05, 4.69) is 5.10 Å². The van der Waals surface area contributed by atoms with Crippen molar-refractivity contribution in [1.82, 2.24) is 14.3 Å². The number of carboxylic acid groups (broad SMARTS) is 1. The van der Waals surface area contributed by atoms with Crippen LogP contribution in [0, 0.1) is 9.39 Å². The fraction of sp³-hybridized carbons (Fsp3) is 0.214. The quantitative estimate of drug-likeness (QED) is 0.665. The number of carbonyl (C=O) groups is 1. The van der Waals surface area contributed by atoms with Gasteiger partial charge >= 0.3 is 5.97 Å². The van der Waals surface area contributed by atoms with Gasteiger partial charge in [0.25, 0.3) is 5.56 Å². The number of halogens is 2. The fourth-order valence-corrected chi connectivity index (χ4v) is 3.01. The first-order valence-electron chi connectivity index (χ1n) is 6.45. The van der Waals surface area contributed by atoms with Gasteiger partial charge in [-0.25, -0.2) is 4.39 Å². The highest BCUT2D eigenvalue weighted by atomic mass is 127. The molecule has 2 heterocycles. The monoisotopic (exact) mass is 415 g/mol. The molecule has 2 aromatic heterocycles. The van der Waals surface area contributed by atoms with Crippen LogP contribution in [0.25, 0.3) is 21.8 Å². The van der Waals surface area contributed by atoms with Gasteiger partial charge in [-0.05, 0) is 34.7 Å². The molecule has 0 spiro atoms. The van der Waals surface area contributed by atoms with E-state index in [0.29, 0.717) is 25.4 Å². The lowest BCUT2D eigenvalue weighted by Gasteiger charge is -2.12. The Kier molecular flexibility index (Phi) is 3.63. The number of carboxylic acids is 1. The minimum absolute atomic E-state index is 0.0183. The molecule has 0 amide bonds. The zero-order valence-corrected chi connectivity index (χ0v) is 13.7. The molecule has 1 N–H and O–H groups in total. The van der Waals surface area contributed by atoms with Crippen molar-refractivity contribution in [3.63, 3.8) is 0 Å². The standard InChI is InChI=1S/C14H11FIN3O3/c1-18-13-7-4-10(16)9(15)5-11(7)19(3-2-12(20)21)14(22)8(13)6-17-18/h4-6H,2-3H2,1H3,(H,20,21).